The third kappa shape index (κ3) is 2.94. The molecule has 0 saturated carbocycles. The van der Waals surface area contributed by atoms with Gasteiger partial charge in [0.1, 0.15) is 11.6 Å². The van der Waals surface area contributed by atoms with Crippen LogP contribution in [0.3, 0.4) is 0 Å². The number of hydrogen-bond acceptors (Lipinski definition) is 4. The van der Waals surface area contributed by atoms with Gasteiger partial charge >= 0.3 is 0 Å². The van der Waals surface area contributed by atoms with E-state index in [9.17, 15) is 8.42 Å². The van der Waals surface area contributed by atoms with E-state index in [1.54, 1.807) is 18.6 Å². The second kappa shape index (κ2) is 5.02. The van der Waals surface area contributed by atoms with Crippen LogP contribution in [0.15, 0.2) is 35.5 Å². The molecule has 0 atom stereocenters. The fourth-order valence-corrected chi connectivity index (χ4v) is 2.33. The molecular weight excluding hydrogens is 266 g/mol. The summed E-state index contributed by atoms with van der Waals surface area (Å²) in [4.78, 5) is 3.94. The Bertz CT molecular complexity index is 692. The number of aryl methyl sites for hydroxylation is 1. The summed E-state index contributed by atoms with van der Waals surface area (Å²) in [6.07, 6.45) is 1.43. The van der Waals surface area contributed by atoms with Crippen molar-refractivity contribution in [2.75, 3.05) is 7.11 Å². The number of rotatable bonds is 4. The zero-order chi connectivity index (χ0) is 14.0. The highest BCUT2D eigenvalue weighted by molar-refractivity contribution is 7.89. The van der Waals surface area contributed by atoms with Crippen molar-refractivity contribution >= 4 is 10.0 Å². The average molecular weight is 281 g/mol. The lowest BCUT2D eigenvalue weighted by Gasteiger charge is -2.09. The first-order valence-corrected chi connectivity index (χ1v) is 7.15. The van der Waals surface area contributed by atoms with Crippen LogP contribution in [0.1, 0.15) is 11.4 Å². The van der Waals surface area contributed by atoms with Crippen molar-refractivity contribution < 1.29 is 13.2 Å². The second-order valence-corrected chi connectivity index (χ2v) is 5.62. The lowest BCUT2D eigenvalue weighted by atomic mass is 10.2. The van der Waals surface area contributed by atoms with Crippen molar-refractivity contribution in [3.05, 3.63) is 41.9 Å². The van der Waals surface area contributed by atoms with Gasteiger partial charge < -0.3 is 9.30 Å². The predicted octanol–water partition coefficient (Wildman–Crippen LogP) is 0.896. The van der Waals surface area contributed by atoms with Gasteiger partial charge in [0.2, 0.25) is 0 Å². The van der Waals surface area contributed by atoms with Gasteiger partial charge in [0, 0.05) is 11.8 Å². The smallest absolute Gasteiger partial charge is 0.257 e. The number of nitrogens with zero attached hydrogens (tertiary/aromatic N) is 2. The normalized spacial score (nSPS) is 11.5. The van der Waals surface area contributed by atoms with Gasteiger partial charge in [0.05, 0.1) is 13.7 Å². The van der Waals surface area contributed by atoms with Crippen LogP contribution in [0.25, 0.3) is 0 Å². The van der Waals surface area contributed by atoms with Gasteiger partial charge in [-0.3, -0.25) is 0 Å². The number of primary sulfonamides is 1. The Balaban J connectivity index is 2.36. The van der Waals surface area contributed by atoms with Crippen molar-refractivity contribution in [1.82, 2.24) is 9.55 Å². The molecule has 0 aliphatic carbocycles. The van der Waals surface area contributed by atoms with Gasteiger partial charge in [0.15, 0.2) is 5.03 Å². The van der Waals surface area contributed by atoms with Crippen LogP contribution in [0.4, 0.5) is 0 Å². The molecule has 19 heavy (non-hydrogen) atoms. The molecule has 2 aromatic rings. The topological polar surface area (TPSA) is 87.2 Å². The van der Waals surface area contributed by atoms with Crippen LogP contribution in [-0.2, 0) is 16.6 Å². The van der Waals surface area contributed by atoms with Crippen molar-refractivity contribution in [2.24, 2.45) is 5.14 Å². The number of para-hydroxylation sites is 1. The van der Waals surface area contributed by atoms with E-state index in [1.165, 1.54) is 6.20 Å². The van der Waals surface area contributed by atoms with Gasteiger partial charge in [-0.2, -0.15) is 0 Å². The molecule has 0 bridgehead atoms. The fourth-order valence-electron chi connectivity index (χ4n) is 1.79. The predicted molar refractivity (Wildman–Crippen MR) is 70.4 cm³/mol. The minimum Gasteiger partial charge on any atom is -0.496 e. The minimum absolute atomic E-state index is 0.125. The molecule has 0 saturated heterocycles. The van der Waals surface area contributed by atoms with Crippen LogP contribution < -0.4 is 9.88 Å². The lowest BCUT2D eigenvalue weighted by Crippen LogP contribution is -2.12. The maximum atomic E-state index is 11.3. The largest absolute Gasteiger partial charge is 0.496 e. The van der Waals surface area contributed by atoms with Gasteiger partial charge in [-0.05, 0) is 13.0 Å². The molecule has 6 nitrogen and oxygen atoms in total. The van der Waals surface area contributed by atoms with Crippen molar-refractivity contribution in [3.8, 4) is 5.75 Å². The van der Waals surface area contributed by atoms with Gasteiger partial charge in [-0.15, -0.1) is 0 Å². The first-order chi connectivity index (χ1) is 8.91. The summed E-state index contributed by atoms with van der Waals surface area (Å²) < 4.78 is 29.5. The maximum Gasteiger partial charge on any atom is 0.257 e. The number of imidazole rings is 1. The van der Waals surface area contributed by atoms with Gasteiger partial charge in [-0.1, -0.05) is 18.2 Å². The summed E-state index contributed by atoms with van der Waals surface area (Å²) in [6.45, 7) is 2.20. The Labute approximate surface area is 111 Å². The van der Waals surface area contributed by atoms with E-state index in [-0.39, 0.29) is 5.03 Å². The third-order valence-electron chi connectivity index (χ3n) is 2.78. The summed E-state index contributed by atoms with van der Waals surface area (Å²) in [6, 6.07) is 7.53. The Morgan fingerprint density at radius 2 is 2.05 bits per heavy atom. The molecule has 0 unspecified atom stereocenters. The molecule has 1 aromatic heterocycles. The first-order valence-electron chi connectivity index (χ1n) is 5.60. The molecule has 0 radical (unpaired) electrons. The number of aromatic nitrogens is 2. The molecule has 7 heteroatoms. The second-order valence-electron chi connectivity index (χ2n) is 4.11. The molecule has 0 amide bonds. The molecule has 0 aliphatic heterocycles. The Morgan fingerprint density at radius 3 is 2.63 bits per heavy atom. The van der Waals surface area contributed by atoms with E-state index in [4.69, 9.17) is 9.88 Å². The van der Waals surface area contributed by atoms with E-state index < -0.39 is 10.0 Å². The molecule has 1 heterocycles. The van der Waals surface area contributed by atoms with E-state index in [1.807, 2.05) is 24.3 Å². The Hall–Kier alpha value is -1.86. The fraction of sp³-hybridized carbons (Fsp3) is 0.250. The van der Waals surface area contributed by atoms with Crippen LogP contribution in [0.2, 0.25) is 0 Å². The highest BCUT2D eigenvalue weighted by atomic mass is 32.2. The van der Waals surface area contributed by atoms with Crippen LogP contribution in [0.5, 0.6) is 5.75 Å². The SMILES string of the molecule is COc1ccccc1Cn1cc(S(N)(=O)=O)nc1C. The van der Waals surface area contributed by atoms with Crippen LogP contribution in [0, 0.1) is 6.92 Å². The highest BCUT2D eigenvalue weighted by Gasteiger charge is 2.15. The van der Waals surface area contributed by atoms with E-state index >= 15 is 0 Å². The number of hydrogen-bond donors (Lipinski definition) is 1. The third-order valence-corrected chi connectivity index (χ3v) is 3.56. The standard InChI is InChI=1S/C12H15N3O3S/c1-9-14-12(19(13,16)17)8-15(9)7-10-5-3-4-6-11(10)18-2/h3-6,8H,7H2,1-2H3,(H2,13,16,17). The number of sulfonamides is 1. The number of nitrogens with two attached hydrogens (primary N) is 1. The molecule has 0 spiro atoms. The molecule has 2 rings (SSSR count). The first kappa shape index (κ1) is 13.6. The van der Waals surface area contributed by atoms with Crippen molar-refractivity contribution in [1.29, 1.82) is 0 Å². The van der Waals surface area contributed by atoms with Crippen LogP contribution in [-0.4, -0.2) is 25.1 Å². The summed E-state index contributed by atoms with van der Waals surface area (Å²) in [7, 11) is -2.18. The Kier molecular flexibility index (Phi) is 3.59. The van der Waals surface area contributed by atoms with Gasteiger partial charge in [-0.25, -0.2) is 18.5 Å². The molecule has 2 N–H and O–H groups in total. The van der Waals surface area contributed by atoms with E-state index in [2.05, 4.69) is 4.98 Å². The zero-order valence-electron chi connectivity index (χ0n) is 10.7. The minimum atomic E-state index is -3.78. The molecule has 102 valence electrons. The average Bonchev–Trinajstić information content (AvgIpc) is 2.72. The monoisotopic (exact) mass is 281 g/mol. The van der Waals surface area contributed by atoms with E-state index in [0.717, 1.165) is 11.3 Å². The lowest BCUT2D eigenvalue weighted by molar-refractivity contribution is 0.408. The summed E-state index contributed by atoms with van der Waals surface area (Å²) in [5.41, 5.74) is 0.937. The van der Waals surface area contributed by atoms with Gasteiger partial charge in [0.25, 0.3) is 10.0 Å². The number of methoxy groups -OCH3 is 1. The quantitative estimate of drug-likeness (QED) is 0.901. The van der Waals surface area contributed by atoms with Crippen molar-refractivity contribution in [2.45, 2.75) is 18.5 Å². The number of ether oxygens (including phenoxy) is 1. The highest BCUT2D eigenvalue weighted by Crippen LogP contribution is 2.19. The summed E-state index contributed by atoms with van der Waals surface area (Å²) >= 11 is 0. The maximum absolute atomic E-state index is 11.3. The summed E-state index contributed by atoms with van der Waals surface area (Å²) in [5.74, 6) is 1.32. The zero-order valence-corrected chi connectivity index (χ0v) is 11.5. The molecule has 1 aromatic carbocycles. The molecule has 0 fully saturated rings. The number of benzene rings is 1. The van der Waals surface area contributed by atoms with E-state index in [0.29, 0.717) is 12.4 Å². The molecular formula is C12H15N3O3S. The Morgan fingerprint density at radius 1 is 1.37 bits per heavy atom. The molecule has 0 aliphatic rings. The van der Waals surface area contributed by atoms with Crippen molar-refractivity contribution in [3.63, 3.8) is 0 Å². The van der Waals surface area contributed by atoms with Crippen LogP contribution >= 0.6 is 0 Å². The summed E-state index contributed by atoms with van der Waals surface area (Å²) in [5, 5.41) is 4.94.